The van der Waals surface area contributed by atoms with Crippen LogP contribution in [0.5, 0.6) is 5.75 Å². The lowest BCUT2D eigenvalue weighted by molar-refractivity contribution is -0.136. The van der Waals surface area contributed by atoms with Gasteiger partial charge in [0.15, 0.2) is 0 Å². The minimum absolute atomic E-state index is 0.0840. The van der Waals surface area contributed by atoms with Crippen molar-refractivity contribution >= 4 is 10.9 Å². The van der Waals surface area contributed by atoms with Gasteiger partial charge in [-0.15, -0.1) is 0 Å². The van der Waals surface area contributed by atoms with Gasteiger partial charge < -0.3 is 5.11 Å². The predicted octanol–water partition coefficient (Wildman–Crippen LogP) is 4.26. The molecule has 1 N–H and O–H groups in total. The van der Waals surface area contributed by atoms with Gasteiger partial charge >= 0.3 is 6.18 Å². The van der Waals surface area contributed by atoms with E-state index in [0.29, 0.717) is 10.9 Å². The first-order valence-corrected chi connectivity index (χ1v) is 5.81. The van der Waals surface area contributed by atoms with Crippen molar-refractivity contribution in [2.45, 2.75) is 32.4 Å². The van der Waals surface area contributed by atoms with Gasteiger partial charge in [-0.05, 0) is 11.5 Å². The summed E-state index contributed by atoms with van der Waals surface area (Å²) in [7, 11) is 0. The minimum Gasteiger partial charge on any atom is -0.506 e. The lowest BCUT2D eigenvalue weighted by atomic mass is 9.84. The number of benzene rings is 1. The van der Waals surface area contributed by atoms with Gasteiger partial charge in [0, 0.05) is 10.9 Å². The Morgan fingerprint density at radius 3 is 2.26 bits per heavy atom. The van der Waals surface area contributed by atoms with E-state index in [1.54, 1.807) is 6.07 Å². The summed E-state index contributed by atoms with van der Waals surface area (Å²) in [4.78, 5) is 3.75. The summed E-state index contributed by atoms with van der Waals surface area (Å²) in [5.74, 6) is -0.0840. The first kappa shape index (κ1) is 13.6. The van der Waals surface area contributed by atoms with Crippen LogP contribution in [0.4, 0.5) is 13.2 Å². The monoisotopic (exact) mass is 269 g/mol. The number of aromatic nitrogens is 1. The lowest BCUT2D eigenvalue weighted by Crippen LogP contribution is -2.14. The van der Waals surface area contributed by atoms with E-state index >= 15 is 0 Å². The molecule has 0 bridgehead atoms. The van der Waals surface area contributed by atoms with Crippen LogP contribution in [0.1, 0.15) is 31.9 Å². The van der Waals surface area contributed by atoms with E-state index in [1.807, 2.05) is 20.8 Å². The summed E-state index contributed by atoms with van der Waals surface area (Å²) >= 11 is 0. The number of alkyl halides is 3. The number of halogens is 3. The fourth-order valence-corrected chi connectivity index (χ4v) is 2.23. The zero-order chi connectivity index (χ0) is 14.4. The maximum Gasteiger partial charge on any atom is 0.418 e. The largest absolute Gasteiger partial charge is 0.506 e. The van der Waals surface area contributed by atoms with E-state index in [4.69, 9.17) is 0 Å². The third-order valence-electron chi connectivity index (χ3n) is 2.93. The molecule has 0 aliphatic carbocycles. The van der Waals surface area contributed by atoms with Crippen molar-refractivity contribution in [3.05, 3.63) is 35.5 Å². The van der Waals surface area contributed by atoms with Gasteiger partial charge in [-0.3, -0.25) is 4.98 Å². The maximum absolute atomic E-state index is 12.9. The second-order valence-electron chi connectivity index (χ2n) is 5.47. The van der Waals surface area contributed by atoms with Gasteiger partial charge in [0.05, 0.1) is 17.3 Å². The zero-order valence-electron chi connectivity index (χ0n) is 10.8. The highest BCUT2D eigenvalue weighted by molar-refractivity contribution is 5.88. The molecule has 2 aromatic rings. The number of hydrogen-bond acceptors (Lipinski definition) is 2. The average molecular weight is 269 g/mol. The Morgan fingerprint density at radius 1 is 1.11 bits per heavy atom. The summed E-state index contributed by atoms with van der Waals surface area (Å²) < 4.78 is 38.8. The van der Waals surface area contributed by atoms with Gasteiger partial charge in [0.1, 0.15) is 5.75 Å². The van der Waals surface area contributed by atoms with Crippen LogP contribution in [0.15, 0.2) is 24.4 Å². The van der Waals surface area contributed by atoms with Crippen molar-refractivity contribution in [1.29, 1.82) is 0 Å². The molecule has 0 amide bonds. The van der Waals surface area contributed by atoms with E-state index in [2.05, 4.69) is 4.98 Å². The molecule has 2 nitrogen and oxygen atoms in total. The van der Waals surface area contributed by atoms with Gasteiger partial charge in [-0.2, -0.15) is 13.2 Å². The molecule has 0 saturated carbocycles. The van der Waals surface area contributed by atoms with Gasteiger partial charge in [0.2, 0.25) is 0 Å². The van der Waals surface area contributed by atoms with Crippen LogP contribution in [0.2, 0.25) is 0 Å². The molecule has 102 valence electrons. The normalized spacial score (nSPS) is 12.9. The molecule has 0 aliphatic rings. The molecular weight excluding hydrogens is 255 g/mol. The van der Waals surface area contributed by atoms with Gasteiger partial charge in [-0.1, -0.05) is 32.9 Å². The number of pyridine rings is 1. The minimum atomic E-state index is -4.46. The summed E-state index contributed by atoms with van der Waals surface area (Å²) in [5.41, 5.74) is -0.910. The van der Waals surface area contributed by atoms with Crippen LogP contribution in [-0.4, -0.2) is 10.1 Å². The van der Waals surface area contributed by atoms with Crippen molar-refractivity contribution < 1.29 is 18.3 Å². The number of aromatic hydroxyl groups is 1. The van der Waals surface area contributed by atoms with Gasteiger partial charge in [0.25, 0.3) is 0 Å². The second-order valence-corrected chi connectivity index (χ2v) is 5.47. The van der Waals surface area contributed by atoms with Crippen LogP contribution in [0, 0.1) is 0 Å². The number of fused-ring (bicyclic) bond motifs is 1. The maximum atomic E-state index is 12.9. The fraction of sp³-hybridized carbons (Fsp3) is 0.357. The van der Waals surface area contributed by atoms with Crippen LogP contribution in [0.3, 0.4) is 0 Å². The molecule has 1 aromatic heterocycles. The van der Waals surface area contributed by atoms with Crippen molar-refractivity contribution in [3.8, 4) is 5.75 Å². The topological polar surface area (TPSA) is 33.1 Å². The molecule has 19 heavy (non-hydrogen) atoms. The van der Waals surface area contributed by atoms with Crippen LogP contribution in [-0.2, 0) is 11.6 Å². The van der Waals surface area contributed by atoms with Gasteiger partial charge in [-0.25, -0.2) is 0 Å². The van der Waals surface area contributed by atoms with E-state index in [-0.39, 0.29) is 11.3 Å². The lowest BCUT2D eigenvalue weighted by Gasteiger charge is -2.23. The Labute approximate surface area is 108 Å². The Balaban J connectivity index is 2.90. The zero-order valence-corrected chi connectivity index (χ0v) is 10.8. The second kappa shape index (κ2) is 4.11. The van der Waals surface area contributed by atoms with Crippen LogP contribution in [0.25, 0.3) is 10.9 Å². The molecule has 0 spiro atoms. The van der Waals surface area contributed by atoms with Crippen LogP contribution >= 0.6 is 0 Å². The van der Waals surface area contributed by atoms with E-state index in [0.717, 1.165) is 12.3 Å². The number of para-hydroxylation sites is 1. The number of rotatable bonds is 0. The molecule has 0 fully saturated rings. The molecule has 1 heterocycles. The third-order valence-corrected chi connectivity index (χ3v) is 2.93. The Bertz CT molecular complexity index is 627. The number of hydrogen-bond donors (Lipinski definition) is 1. The highest BCUT2D eigenvalue weighted by atomic mass is 19.4. The first-order chi connectivity index (χ1) is 8.62. The van der Waals surface area contributed by atoms with Crippen molar-refractivity contribution in [2.75, 3.05) is 0 Å². The summed E-state index contributed by atoms with van der Waals surface area (Å²) in [6.45, 7) is 5.51. The summed E-state index contributed by atoms with van der Waals surface area (Å²) in [6.07, 6.45) is -3.38. The molecule has 0 saturated heterocycles. The quantitative estimate of drug-likeness (QED) is 0.775. The highest BCUT2D eigenvalue weighted by Gasteiger charge is 2.34. The standard InChI is InChI=1S/C14H14F3NO/c1-13(2,3)11-8-5-4-6-9(14(15,16)17)12(8)18-7-10(11)19/h4-7,19H,1-3H3. The van der Waals surface area contributed by atoms with E-state index in [9.17, 15) is 18.3 Å². The molecule has 0 radical (unpaired) electrons. The molecule has 0 atom stereocenters. The molecule has 2 rings (SSSR count). The average Bonchev–Trinajstić information content (AvgIpc) is 2.24. The predicted molar refractivity (Wildman–Crippen MR) is 67.1 cm³/mol. The first-order valence-electron chi connectivity index (χ1n) is 5.81. The smallest absolute Gasteiger partial charge is 0.418 e. The van der Waals surface area contributed by atoms with Crippen molar-refractivity contribution in [2.24, 2.45) is 0 Å². The summed E-state index contributed by atoms with van der Waals surface area (Å²) in [5, 5.41) is 10.2. The van der Waals surface area contributed by atoms with Crippen molar-refractivity contribution in [1.82, 2.24) is 4.98 Å². The molecular formula is C14H14F3NO. The SMILES string of the molecule is CC(C)(C)c1c(O)cnc2c(C(F)(F)F)cccc12. The highest BCUT2D eigenvalue weighted by Crippen LogP contribution is 2.40. The Morgan fingerprint density at radius 2 is 1.74 bits per heavy atom. The molecule has 5 heteroatoms. The Hall–Kier alpha value is -1.78. The van der Waals surface area contributed by atoms with E-state index < -0.39 is 17.2 Å². The fourth-order valence-electron chi connectivity index (χ4n) is 2.23. The van der Waals surface area contributed by atoms with Crippen LogP contribution < -0.4 is 0 Å². The third kappa shape index (κ3) is 2.37. The molecule has 1 aromatic carbocycles. The Kier molecular flexibility index (Phi) is 2.96. The molecule has 0 unspecified atom stereocenters. The van der Waals surface area contributed by atoms with E-state index in [1.165, 1.54) is 6.07 Å². The molecule has 0 aliphatic heterocycles. The summed E-state index contributed by atoms with van der Waals surface area (Å²) in [6, 6.07) is 3.89. The number of nitrogens with zero attached hydrogens (tertiary/aromatic N) is 1. The van der Waals surface area contributed by atoms with Crippen molar-refractivity contribution in [3.63, 3.8) is 0 Å².